The van der Waals surface area contributed by atoms with Crippen LogP contribution in [0, 0.1) is 0 Å². The summed E-state index contributed by atoms with van der Waals surface area (Å²) in [5.74, 6) is -2.83. The molecule has 1 unspecified atom stereocenters. The Labute approximate surface area is 234 Å². The van der Waals surface area contributed by atoms with Gasteiger partial charge < -0.3 is 19.8 Å². The van der Waals surface area contributed by atoms with E-state index in [0.717, 1.165) is 19.3 Å². The predicted octanol–water partition coefficient (Wildman–Crippen LogP) is 2.37. The molecule has 1 N–H and O–H groups in total. The number of aliphatic hydroxyl groups is 1. The molecular formula is C29H34N4O6S. The summed E-state index contributed by atoms with van der Waals surface area (Å²) in [6.45, 7) is 3.49. The van der Waals surface area contributed by atoms with Gasteiger partial charge in [0, 0.05) is 43.9 Å². The summed E-state index contributed by atoms with van der Waals surface area (Å²) in [5, 5.41) is 11.6. The van der Waals surface area contributed by atoms with Crippen LogP contribution in [-0.2, 0) is 29.9 Å². The first-order chi connectivity index (χ1) is 19.1. The summed E-state index contributed by atoms with van der Waals surface area (Å²) in [6.07, 6.45) is 2.60. The highest BCUT2D eigenvalue weighted by atomic mass is 32.2. The Balaban J connectivity index is 1.66. The third-order valence-electron chi connectivity index (χ3n) is 7.98. The van der Waals surface area contributed by atoms with E-state index in [1.165, 1.54) is 38.4 Å². The minimum Gasteiger partial charge on any atom is -0.507 e. The number of fused-ring (bicyclic) bond motifs is 2. The number of nitrogens with zero attached hydrogens (tertiary/aromatic N) is 4. The Morgan fingerprint density at radius 2 is 1.62 bits per heavy atom. The summed E-state index contributed by atoms with van der Waals surface area (Å²) >= 11 is 0. The second-order valence-corrected chi connectivity index (χ2v) is 12.5. The van der Waals surface area contributed by atoms with Crippen molar-refractivity contribution in [2.45, 2.75) is 36.6 Å². The average Bonchev–Trinajstić information content (AvgIpc) is 3.34. The van der Waals surface area contributed by atoms with Crippen molar-refractivity contribution in [1.82, 2.24) is 14.1 Å². The van der Waals surface area contributed by atoms with Crippen molar-refractivity contribution in [3.8, 4) is 0 Å². The first kappa shape index (κ1) is 28.0. The van der Waals surface area contributed by atoms with Crippen LogP contribution in [0.2, 0.25) is 0 Å². The van der Waals surface area contributed by atoms with Crippen molar-refractivity contribution in [1.29, 1.82) is 0 Å². The fourth-order valence-electron chi connectivity index (χ4n) is 5.96. The molecule has 2 saturated heterocycles. The van der Waals surface area contributed by atoms with Crippen LogP contribution < -0.4 is 4.90 Å². The number of benzene rings is 2. The highest BCUT2D eigenvalue weighted by molar-refractivity contribution is 7.89. The van der Waals surface area contributed by atoms with Crippen LogP contribution in [0.15, 0.2) is 59.0 Å². The molecule has 0 radical (unpaired) electrons. The van der Waals surface area contributed by atoms with Gasteiger partial charge in [0.05, 0.1) is 16.2 Å². The number of rotatable bonds is 7. The van der Waals surface area contributed by atoms with Gasteiger partial charge in [-0.25, -0.2) is 8.42 Å². The lowest BCUT2D eigenvalue weighted by atomic mass is 9.82. The molecule has 10 nitrogen and oxygen atoms in total. The third-order valence-corrected chi connectivity index (χ3v) is 9.89. The van der Waals surface area contributed by atoms with Gasteiger partial charge in [-0.3, -0.25) is 14.4 Å². The van der Waals surface area contributed by atoms with Gasteiger partial charge in [0.25, 0.3) is 17.6 Å². The van der Waals surface area contributed by atoms with Gasteiger partial charge >= 0.3 is 0 Å². The fourth-order valence-corrected chi connectivity index (χ4v) is 7.48. The molecule has 2 fully saturated rings. The second kappa shape index (κ2) is 10.5. The minimum atomic E-state index is -3.71. The quantitative estimate of drug-likeness (QED) is 0.311. The van der Waals surface area contributed by atoms with Crippen molar-refractivity contribution in [3.05, 3.63) is 65.2 Å². The molecule has 2 amide bonds. The number of carbonyl (C=O) groups excluding carboxylic acids is 3. The number of sulfonamides is 1. The van der Waals surface area contributed by atoms with Crippen LogP contribution in [0.25, 0.3) is 5.76 Å². The topological polar surface area (TPSA) is 119 Å². The average molecular weight is 567 g/mol. The Kier molecular flexibility index (Phi) is 7.32. The molecule has 212 valence electrons. The van der Waals surface area contributed by atoms with Gasteiger partial charge in [-0.1, -0.05) is 24.6 Å². The van der Waals surface area contributed by atoms with E-state index in [1.807, 2.05) is 19.0 Å². The number of piperidine rings is 1. The molecule has 0 aliphatic carbocycles. The molecule has 0 bridgehead atoms. The number of likely N-dealkylation sites (tertiary alicyclic amines) is 1. The number of carbonyl (C=O) groups is 3. The van der Waals surface area contributed by atoms with E-state index in [-0.39, 0.29) is 22.6 Å². The molecule has 1 spiro atoms. The summed E-state index contributed by atoms with van der Waals surface area (Å²) in [5.41, 5.74) is -0.982. The molecule has 2 aromatic carbocycles. The van der Waals surface area contributed by atoms with Gasteiger partial charge in [0.15, 0.2) is 5.54 Å². The molecule has 3 heterocycles. The van der Waals surface area contributed by atoms with Crippen molar-refractivity contribution >= 4 is 39.1 Å². The standard InChI is InChI=1S/C29H34N4O6S/c1-4-32-23-11-7-6-10-22(23)29(28(32)37)24(26(35)27(36)33(29)19-18-30(2)3)25(34)20-12-14-21(15-13-20)40(38,39)31-16-8-5-9-17-31/h6-7,10-15,34H,4-5,8-9,16-19H2,1-3H3. The number of hydrogen-bond acceptors (Lipinski definition) is 7. The molecule has 40 heavy (non-hydrogen) atoms. The van der Waals surface area contributed by atoms with Gasteiger partial charge in [-0.15, -0.1) is 0 Å². The predicted molar refractivity (Wildman–Crippen MR) is 150 cm³/mol. The largest absolute Gasteiger partial charge is 0.507 e. The Morgan fingerprint density at radius 3 is 2.25 bits per heavy atom. The Morgan fingerprint density at radius 1 is 0.975 bits per heavy atom. The number of amides is 2. The first-order valence-electron chi connectivity index (χ1n) is 13.5. The van der Waals surface area contributed by atoms with Crippen molar-refractivity contribution < 1.29 is 27.9 Å². The number of likely N-dealkylation sites (N-methyl/N-ethyl adjacent to an activating group) is 2. The van der Waals surface area contributed by atoms with Crippen molar-refractivity contribution in [3.63, 3.8) is 0 Å². The zero-order chi connectivity index (χ0) is 28.8. The minimum absolute atomic E-state index is 0.0755. The van der Waals surface area contributed by atoms with Crippen LogP contribution in [-0.4, -0.2) is 92.0 Å². The summed E-state index contributed by atoms with van der Waals surface area (Å²) in [7, 11) is -0.0582. The molecule has 1 atom stereocenters. The molecule has 3 aliphatic heterocycles. The number of para-hydroxylation sites is 1. The van der Waals surface area contributed by atoms with E-state index in [1.54, 1.807) is 31.2 Å². The number of anilines is 1. The smallest absolute Gasteiger partial charge is 0.296 e. The lowest BCUT2D eigenvalue weighted by molar-refractivity contribution is -0.143. The normalized spacial score (nSPS) is 23.1. The van der Waals surface area contributed by atoms with Crippen LogP contribution in [0.3, 0.4) is 0 Å². The van der Waals surface area contributed by atoms with Crippen LogP contribution >= 0.6 is 0 Å². The lowest BCUT2D eigenvalue weighted by Crippen LogP contribution is -2.53. The number of ketones is 1. The summed E-state index contributed by atoms with van der Waals surface area (Å²) in [4.78, 5) is 46.0. The van der Waals surface area contributed by atoms with Crippen LogP contribution in [0.5, 0.6) is 0 Å². The maximum absolute atomic E-state index is 14.2. The van der Waals surface area contributed by atoms with Gasteiger partial charge in [-0.2, -0.15) is 4.31 Å². The monoisotopic (exact) mass is 566 g/mol. The Hall–Kier alpha value is -3.54. The van der Waals surface area contributed by atoms with E-state index in [2.05, 4.69) is 0 Å². The molecule has 5 rings (SSSR count). The zero-order valence-corrected chi connectivity index (χ0v) is 23.8. The Bertz CT molecular complexity index is 1490. The lowest BCUT2D eigenvalue weighted by Gasteiger charge is -2.35. The molecule has 3 aliphatic rings. The highest BCUT2D eigenvalue weighted by Crippen LogP contribution is 2.53. The van der Waals surface area contributed by atoms with E-state index in [4.69, 9.17) is 0 Å². The van der Waals surface area contributed by atoms with Crippen molar-refractivity contribution in [2.75, 3.05) is 51.7 Å². The van der Waals surface area contributed by atoms with E-state index in [9.17, 15) is 27.9 Å². The molecule has 0 aromatic heterocycles. The van der Waals surface area contributed by atoms with Gasteiger partial charge in [-0.05, 0) is 64.2 Å². The summed E-state index contributed by atoms with van der Waals surface area (Å²) < 4.78 is 27.7. The molecular weight excluding hydrogens is 532 g/mol. The van der Waals surface area contributed by atoms with Crippen molar-refractivity contribution in [2.24, 2.45) is 0 Å². The van der Waals surface area contributed by atoms with Gasteiger partial charge in [0.2, 0.25) is 10.0 Å². The number of Topliss-reactive ketones (excluding diaryl/α,β-unsaturated/α-hetero) is 1. The van der Waals surface area contributed by atoms with E-state index in [0.29, 0.717) is 37.4 Å². The zero-order valence-electron chi connectivity index (χ0n) is 23.0. The number of hydrogen-bond donors (Lipinski definition) is 1. The van der Waals surface area contributed by atoms with Gasteiger partial charge in [0.1, 0.15) is 5.76 Å². The molecule has 0 saturated carbocycles. The van der Waals surface area contributed by atoms with Crippen LogP contribution in [0.1, 0.15) is 37.3 Å². The maximum atomic E-state index is 14.2. The molecule has 2 aromatic rings. The maximum Gasteiger partial charge on any atom is 0.296 e. The van der Waals surface area contributed by atoms with Crippen LogP contribution in [0.4, 0.5) is 5.69 Å². The van der Waals surface area contributed by atoms with E-state index >= 15 is 0 Å². The third kappa shape index (κ3) is 4.15. The first-order valence-corrected chi connectivity index (χ1v) is 15.0. The second-order valence-electron chi connectivity index (χ2n) is 10.6. The summed E-state index contributed by atoms with van der Waals surface area (Å²) in [6, 6.07) is 12.6. The fraction of sp³-hybridized carbons (Fsp3) is 0.414. The SMILES string of the molecule is CCN1C(=O)C2(C(=C(O)c3ccc(S(=O)(=O)N4CCCCC4)cc3)C(=O)C(=O)N2CCN(C)C)c2ccccc21. The number of aliphatic hydroxyl groups excluding tert-OH is 1. The molecule has 11 heteroatoms. The van der Waals surface area contributed by atoms with E-state index < -0.39 is 38.9 Å². The highest BCUT2D eigenvalue weighted by Gasteiger charge is 2.66.